The Morgan fingerprint density at radius 1 is 1.06 bits per heavy atom. The van der Waals surface area contributed by atoms with Crippen LogP contribution >= 0.6 is 22.6 Å². The fourth-order valence-corrected chi connectivity index (χ4v) is 6.30. The number of rotatable bonds is 6. The maximum absolute atomic E-state index is 12.6. The first-order chi connectivity index (χ1) is 13.9. The van der Waals surface area contributed by atoms with Gasteiger partial charge in [-0.2, -0.15) is 0 Å². The molecule has 1 aromatic heterocycles. The molecular formula is C21H39IN2O5Si2. The van der Waals surface area contributed by atoms with E-state index in [4.69, 9.17) is 13.6 Å². The monoisotopic (exact) mass is 582 g/mol. The van der Waals surface area contributed by atoms with Crippen LogP contribution in [-0.4, -0.2) is 48.9 Å². The molecule has 1 aliphatic rings. The van der Waals surface area contributed by atoms with Crippen molar-refractivity contribution in [1.82, 2.24) is 9.55 Å². The number of halogens is 1. The topological polar surface area (TPSA) is 82.5 Å². The van der Waals surface area contributed by atoms with Crippen LogP contribution in [0.3, 0.4) is 0 Å². The van der Waals surface area contributed by atoms with E-state index >= 15 is 0 Å². The lowest BCUT2D eigenvalue weighted by Gasteiger charge is -2.40. The summed E-state index contributed by atoms with van der Waals surface area (Å²) in [7, 11) is -4.09. The average molecular weight is 583 g/mol. The van der Waals surface area contributed by atoms with Crippen molar-refractivity contribution in [3.63, 3.8) is 0 Å². The fraction of sp³-hybridized carbons (Fsp3) is 0.810. The van der Waals surface area contributed by atoms with Gasteiger partial charge < -0.3 is 13.6 Å². The minimum atomic E-state index is -2.14. The summed E-state index contributed by atoms with van der Waals surface area (Å²) in [6.07, 6.45) is 0.341. The molecule has 4 atom stereocenters. The molecule has 0 radical (unpaired) electrons. The fourth-order valence-electron chi connectivity index (χ4n) is 2.83. The van der Waals surface area contributed by atoms with Crippen LogP contribution in [0, 0.1) is 0 Å². The number of nitrogens with zero attached hydrogens (tertiary/aromatic N) is 1. The molecule has 1 aliphatic heterocycles. The molecule has 0 aliphatic carbocycles. The minimum absolute atomic E-state index is 0.000298. The summed E-state index contributed by atoms with van der Waals surface area (Å²) in [6.45, 7) is 22.5. The zero-order valence-electron chi connectivity index (χ0n) is 20.5. The number of aromatic amines is 1. The second kappa shape index (κ2) is 9.17. The van der Waals surface area contributed by atoms with Crippen LogP contribution in [-0.2, 0) is 13.6 Å². The van der Waals surface area contributed by atoms with Crippen LogP contribution in [0.5, 0.6) is 0 Å². The van der Waals surface area contributed by atoms with Gasteiger partial charge in [0, 0.05) is 12.3 Å². The van der Waals surface area contributed by atoms with Gasteiger partial charge in [0.1, 0.15) is 6.10 Å². The van der Waals surface area contributed by atoms with E-state index in [-0.39, 0.29) is 26.2 Å². The van der Waals surface area contributed by atoms with Gasteiger partial charge in [0.2, 0.25) is 0 Å². The molecule has 0 spiro atoms. The van der Waals surface area contributed by atoms with E-state index in [1.807, 2.05) is 0 Å². The molecule has 1 fully saturated rings. The van der Waals surface area contributed by atoms with E-state index in [0.29, 0.717) is 6.61 Å². The average Bonchev–Trinajstić information content (AvgIpc) is 2.87. The van der Waals surface area contributed by atoms with Gasteiger partial charge in [0.25, 0.3) is 5.56 Å². The molecule has 2 rings (SSSR count). The predicted molar refractivity (Wildman–Crippen MR) is 138 cm³/mol. The number of aromatic nitrogens is 2. The first-order valence-electron chi connectivity index (χ1n) is 10.8. The van der Waals surface area contributed by atoms with Gasteiger partial charge in [-0.25, -0.2) is 4.79 Å². The molecule has 0 bridgehead atoms. The van der Waals surface area contributed by atoms with Gasteiger partial charge in [-0.05, 0) is 36.3 Å². The number of ether oxygens (including phenoxy) is 1. The predicted octanol–water partition coefficient (Wildman–Crippen LogP) is 4.65. The molecular weight excluding hydrogens is 543 g/mol. The van der Waals surface area contributed by atoms with Crippen LogP contribution in [0.25, 0.3) is 0 Å². The van der Waals surface area contributed by atoms with Crippen molar-refractivity contribution >= 4 is 39.2 Å². The van der Waals surface area contributed by atoms with Gasteiger partial charge in [-0.3, -0.25) is 14.3 Å². The molecule has 1 N–H and O–H groups in total. The number of alkyl halides is 1. The van der Waals surface area contributed by atoms with E-state index in [2.05, 4.69) is 95.3 Å². The highest BCUT2D eigenvalue weighted by atomic mass is 127. The Kier molecular flexibility index (Phi) is 7.98. The van der Waals surface area contributed by atoms with Crippen LogP contribution in [0.15, 0.2) is 21.9 Å². The van der Waals surface area contributed by atoms with Crippen molar-refractivity contribution in [2.45, 2.75) is 100 Å². The summed E-state index contributed by atoms with van der Waals surface area (Å²) < 4.78 is 21.0. The van der Waals surface area contributed by atoms with Gasteiger partial charge in [-0.15, -0.1) is 0 Å². The summed E-state index contributed by atoms with van der Waals surface area (Å²) in [4.78, 5) is 26.5. The molecule has 0 saturated carbocycles. The quantitative estimate of drug-likeness (QED) is 0.300. The highest BCUT2D eigenvalue weighted by Crippen LogP contribution is 2.44. The molecule has 1 aromatic rings. The summed E-state index contributed by atoms with van der Waals surface area (Å²) in [5.41, 5.74) is -0.916. The van der Waals surface area contributed by atoms with Crippen molar-refractivity contribution in [2.24, 2.45) is 0 Å². The molecule has 7 nitrogen and oxygen atoms in total. The van der Waals surface area contributed by atoms with Gasteiger partial charge >= 0.3 is 5.69 Å². The highest BCUT2D eigenvalue weighted by molar-refractivity contribution is 14.1. The van der Waals surface area contributed by atoms with Crippen LogP contribution < -0.4 is 11.2 Å². The van der Waals surface area contributed by atoms with Crippen molar-refractivity contribution in [1.29, 1.82) is 0 Å². The lowest BCUT2D eigenvalue weighted by Crippen LogP contribution is -2.49. The summed E-state index contributed by atoms with van der Waals surface area (Å²) in [6, 6.07) is 1.34. The van der Waals surface area contributed by atoms with Crippen molar-refractivity contribution < 1.29 is 13.6 Å². The normalized spacial score (nSPS) is 25.8. The number of H-pyrrole nitrogens is 1. The lowest BCUT2D eigenvalue weighted by atomic mass is 10.2. The summed E-state index contributed by atoms with van der Waals surface area (Å²) in [5, 5.41) is 0.109. The smallest absolute Gasteiger partial charge is 0.330 e. The first-order valence-corrected chi connectivity index (χ1v) is 17.9. The van der Waals surface area contributed by atoms with Gasteiger partial charge in [0.15, 0.2) is 22.9 Å². The molecule has 0 aromatic carbocycles. The minimum Gasteiger partial charge on any atom is -0.414 e. The van der Waals surface area contributed by atoms with E-state index in [1.165, 1.54) is 16.8 Å². The summed E-state index contributed by atoms with van der Waals surface area (Å²) in [5.74, 6) is 0. The second-order valence-electron chi connectivity index (χ2n) is 11.4. The maximum atomic E-state index is 12.6. The van der Waals surface area contributed by atoms with E-state index < -0.39 is 34.1 Å². The van der Waals surface area contributed by atoms with E-state index in [1.54, 1.807) is 0 Å². The van der Waals surface area contributed by atoms with E-state index in [9.17, 15) is 9.59 Å². The van der Waals surface area contributed by atoms with Crippen molar-refractivity contribution in [3.05, 3.63) is 33.1 Å². The van der Waals surface area contributed by atoms with Crippen LogP contribution in [0.1, 0.15) is 47.8 Å². The Morgan fingerprint density at radius 3 is 2.10 bits per heavy atom. The zero-order chi connectivity index (χ0) is 24.0. The molecule has 31 heavy (non-hydrogen) atoms. The number of nitrogens with one attached hydrogen (secondary N) is 1. The Morgan fingerprint density at radius 2 is 1.61 bits per heavy atom. The standard InChI is InChI=1S/C21H39IN2O5Si2/c1-20(2,3)30(7,8)27-13-14-16(22)17(29-31(9,10)21(4,5)6)18(28-14)24-12-11-15(25)23-19(24)26/h11-12,14,16-18H,13H2,1-10H3,(H,23,25,26)/t14-,16+,17?,18-/m1/s1. The Balaban J connectivity index is 2.37. The maximum Gasteiger partial charge on any atom is 0.330 e. The van der Waals surface area contributed by atoms with Crippen LogP contribution in [0.2, 0.25) is 36.3 Å². The molecule has 1 saturated heterocycles. The Bertz CT molecular complexity index is 885. The molecule has 10 heteroatoms. The largest absolute Gasteiger partial charge is 0.414 e. The second-order valence-corrected chi connectivity index (χ2v) is 22.4. The third-order valence-electron chi connectivity index (χ3n) is 7.04. The van der Waals surface area contributed by atoms with Crippen molar-refractivity contribution in [2.75, 3.05) is 6.61 Å². The third kappa shape index (κ3) is 6.00. The first kappa shape index (κ1) is 27.0. The molecule has 1 unspecified atom stereocenters. The molecule has 2 heterocycles. The van der Waals surface area contributed by atoms with Crippen LogP contribution in [0.4, 0.5) is 0 Å². The Hall–Kier alpha value is -0.276. The third-order valence-corrected chi connectivity index (χ3v) is 17.5. The van der Waals surface area contributed by atoms with E-state index in [0.717, 1.165) is 0 Å². The number of hydrogen-bond donors (Lipinski definition) is 1. The number of hydrogen-bond acceptors (Lipinski definition) is 5. The summed E-state index contributed by atoms with van der Waals surface area (Å²) >= 11 is 2.38. The lowest BCUT2D eigenvalue weighted by molar-refractivity contribution is -0.0486. The Labute approximate surface area is 201 Å². The molecule has 0 amide bonds. The highest BCUT2D eigenvalue weighted by Gasteiger charge is 2.51. The SMILES string of the molecule is CC(C)(C)[Si](C)(C)OC[C@H]1O[C@@H](n2ccc(=O)[nH]c2=O)C(O[Si](C)(C)C(C)(C)C)[C@H]1I. The van der Waals surface area contributed by atoms with Crippen molar-refractivity contribution in [3.8, 4) is 0 Å². The molecule has 178 valence electrons. The zero-order valence-corrected chi connectivity index (χ0v) is 24.7. The van der Waals surface area contributed by atoms with Gasteiger partial charge in [-0.1, -0.05) is 64.1 Å². The van der Waals surface area contributed by atoms with Gasteiger partial charge in [0.05, 0.1) is 16.6 Å².